The molecule has 23 heavy (non-hydrogen) atoms. The minimum Gasteiger partial charge on any atom is -0.465 e. The van der Waals surface area contributed by atoms with E-state index in [2.05, 4.69) is 0 Å². The predicted octanol–water partition coefficient (Wildman–Crippen LogP) is 3.12. The van der Waals surface area contributed by atoms with Crippen LogP contribution in [0.15, 0.2) is 30.3 Å². The smallest absolute Gasteiger partial charge is 0.320 e. The van der Waals surface area contributed by atoms with Gasteiger partial charge in [0.15, 0.2) is 5.92 Å². The number of esters is 2. The fourth-order valence-electron chi connectivity index (χ4n) is 2.13. The molecule has 5 heteroatoms. The Kier molecular flexibility index (Phi) is 9.71. The maximum Gasteiger partial charge on any atom is 0.320 e. The van der Waals surface area contributed by atoms with E-state index in [0.29, 0.717) is 26.1 Å². The summed E-state index contributed by atoms with van der Waals surface area (Å²) in [6.07, 6.45) is 1.91. The van der Waals surface area contributed by atoms with E-state index in [1.807, 2.05) is 30.3 Å². The quantitative estimate of drug-likeness (QED) is 0.356. The van der Waals surface area contributed by atoms with E-state index in [1.54, 1.807) is 13.8 Å². The molecule has 128 valence electrons. The van der Waals surface area contributed by atoms with Crippen molar-refractivity contribution in [3.8, 4) is 0 Å². The minimum atomic E-state index is -0.830. The largest absolute Gasteiger partial charge is 0.465 e. The molecule has 0 radical (unpaired) electrons. The van der Waals surface area contributed by atoms with Crippen LogP contribution in [0.4, 0.5) is 0 Å². The van der Waals surface area contributed by atoms with Crippen molar-refractivity contribution in [1.29, 1.82) is 0 Å². The third-order valence-corrected chi connectivity index (χ3v) is 3.29. The number of hydrogen-bond acceptors (Lipinski definition) is 5. The molecule has 0 aliphatic carbocycles. The van der Waals surface area contributed by atoms with Gasteiger partial charge in [0.1, 0.15) is 0 Å². The van der Waals surface area contributed by atoms with Gasteiger partial charge in [-0.25, -0.2) is 0 Å². The van der Waals surface area contributed by atoms with E-state index in [0.717, 1.165) is 12.0 Å². The zero-order chi connectivity index (χ0) is 16.9. The predicted molar refractivity (Wildman–Crippen MR) is 86.7 cm³/mol. The Morgan fingerprint density at radius 3 is 2.13 bits per heavy atom. The summed E-state index contributed by atoms with van der Waals surface area (Å²) in [6.45, 7) is 5.12. The van der Waals surface area contributed by atoms with Gasteiger partial charge in [-0.3, -0.25) is 9.59 Å². The first kappa shape index (κ1) is 19.2. The van der Waals surface area contributed by atoms with Gasteiger partial charge < -0.3 is 14.2 Å². The molecule has 0 heterocycles. The monoisotopic (exact) mass is 322 g/mol. The van der Waals surface area contributed by atoms with Gasteiger partial charge in [-0.2, -0.15) is 0 Å². The molecule has 0 amide bonds. The van der Waals surface area contributed by atoms with Gasteiger partial charge in [0, 0.05) is 6.61 Å². The Morgan fingerprint density at radius 1 is 0.957 bits per heavy atom. The first-order valence-corrected chi connectivity index (χ1v) is 8.14. The first-order valence-electron chi connectivity index (χ1n) is 8.14. The number of rotatable bonds is 11. The van der Waals surface area contributed by atoms with Crippen LogP contribution in [0.5, 0.6) is 0 Å². The minimum absolute atomic E-state index is 0.259. The van der Waals surface area contributed by atoms with Crippen LogP contribution >= 0.6 is 0 Å². The molecule has 0 N–H and O–H groups in total. The molecular formula is C18H26O5. The van der Waals surface area contributed by atoms with E-state index >= 15 is 0 Å². The third-order valence-electron chi connectivity index (χ3n) is 3.29. The average molecular weight is 322 g/mol. The molecule has 1 aromatic carbocycles. The maximum absolute atomic E-state index is 11.8. The van der Waals surface area contributed by atoms with Crippen LogP contribution in [-0.2, 0) is 30.4 Å². The average Bonchev–Trinajstić information content (AvgIpc) is 2.55. The van der Waals surface area contributed by atoms with E-state index in [-0.39, 0.29) is 13.2 Å². The number of carbonyl (C=O) groups is 2. The molecule has 5 nitrogen and oxygen atoms in total. The molecule has 0 bridgehead atoms. The third kappa shape index (κ3) is 7.79. The molecule has 0 fully saturated rings. The molecule has 1 aromatic rings. The summed E-state index contributed by atoms with van der Waals surface area (Å²) < 4.78 is 15.5. The van der Waals surface area contributed by atoms with E-state index in [1.165, 1.54) is 0 Å². The lowest BCUT2D eigenvalue weighted by molar-refractivity contribution is -0.162. The lowest BCUT2D eigenvalue weighted by Crippen LogP contribution is -2.28. The van der Waals surface area contributed by atoms with Crippen molar-refractivity contribution in [2.24, 2.45) is 5.92 Å². The second-order valence-corrected chi connectivity index (χ2v) is 5.09. The Morgan fingerprint density at radius 2 is 1.57 bits per heavy atom. The van der Waals surface area contributed by atoms with Crippen LogP contribution < -0.4 is 0 Å². The van der Waals surface area contributed by atoms with Gasteiger partial charge >= 0.3 is 11.9 Å². The fraction of sp³-hybridized carbons (Fsp3) is 0.556. The van der Waals surface area contributed by atoms with Gasteiger partial charge in [-0.1, -0.05) is 30.3 Å². The zero-order valence-corrected chi connectivity index (χ0v) is 14.0. The number of carbonyl (C=O) groups excluding carboxylic acids is 2. The molecule has 0 saturated heterocycles. The topological polar surface area (TPSA) is 61.8 Å². The molecule has 0 unspecified atom stereocenters. The standard InChI is InChI=1S/C18H26O5/c1-3-22-17(19)16(18(20)23-4-2)12-8-9-13-21-14-15-10-6-5-7-11-15/h5-7,10-11,16H,3-4,8-9,12-14H2,1-2H3. The highest BCUT2D eigenvalue weighted by Gasteiger charge is 2.28. The highest BCUT2D eigenvalue weighted by atomic mass is 16.6. The molecule has 0 saturated carbocycles. The first-order chi connectivity index (χ1) is 11.2. The SMILES string of the molecule is CCOC(=O)C(CCCCOCc1ccccc1)C(=O)OCC. The number of ether oxygens (including phenoxy) is 3. The van der Waals surface area contributed by atoms with Crippen LogP contribution in [0.3, 0.4) is 0 Å². The number of benzene rings is 1. The summed E-state index contributed by atoms with van der Waals surface area (Å²) in [4.78, 5) is 23.6. The normalized spacial score (nSPS) is 10.6. The second-order valence-electron chi connectivity index (χ2n) is 5.09. The van der Waals surface area contributed by atoms with Crippen LogP contribution in [0.25, 0.3) is 0 Å². The number of unbranched alkanes of at least 4 members (excludes halogenated alkanes) is 1. The summed E-state index contributed by atoms with van der Waals surface area (Å²) in [5, 5.41) is 0. The summed E-state index contributed by atoms with van der Waals surface area (Å²) >= 11 is 0. The Labute approximate surface area is 137 Å². The molecule has 0 aliphatic rings. The summed E-state index contributed by atoms with van der Waals surface area (Å²) in [6, 6.07) is 9.94. The van der Waals surface area contributed by atoms with Crippen LogP contribution in [0.1, 0.15) is 38.7 Å². The van der Waals surface area contributed by atoms with Crippen molar-refractivity contribution in [3.63, 3.8) is 0 Å². The van der Waals surface area contributed by atoms with Gasteiger partial charge in [-0.05, 0) is 38.7 Å². The van der Waals surface area contributed by atoms with Crippen LogP contribution in [-0.4, -0.2) is 31.8 Å². The van der Waals surface area contributed by atoms with Crippen LogP contribution in [0, 0.1) is 5.92 Å². The van der Waals surface area contributed by atoms with E-state index in [9.17, 15) is 9.59 Å². The highest BCUT2D eigenvalue weighted by molar-refractivity contribution is 5.94. The Hall–Kier alpha value is -1.88. The van der Waals surface area contributed by atoms with Crippen molar-refractivity contribution in [3.05, 3.63) is 35.9 Å². The van der Waals surface area contributed by atoms with Crippen molar-refractivity contribution in [1.82, 2.24) is 0 Å². The Bertz CT molecular complexity index is 440. The van der Waals surface area contributed by atoms with E-state index in [4.69, 9.17) is 14.2 Å². The summed E-state index contributed by atoms with van der Waals surface area (Å²) in [5.41, 5.74) is 1.13. The second kappa shape index (κ2) is 11.7. The lowest BCUT2D eigenvalue weighted by atomic mass is 10.0. The molecule has 0 atom stereocenters. The fourth-order valence-corrected chi connectivity index (χ4v) is 2.13. The summed E-state index contributed by atoms with van der Waals surface area (Å²) in [7, 11) is 0. The van der Waals surface area contributed by atoms with Gasteiger partial charge in [0.2, 0.25) is 0 Å². The van der Waals surface area contributed by atoms with Crippen LogP contribution in [0.2, 0.25) is 0 Å². The highest BCUT2D eigenvalue weighted by Crippen LogP contribution is 2.13. The maximum atomic E-state index is 11.8. The molecule has 0 aromatic heterocycles. The molecular weight excluding hydrogens is 296 g/mol. The van der Waals surface area contributed by atoms with Crippen molar-refractivity contribution in [2.45, 2.75) is 39.7 Å². The lowest BCUT2D eigenvalue weighted by Gasteiger charge is -2.14. The zero-order valence-electron chi connectivity index (χ0n) is 14.0. The van der Waals surface area contributed by atoms with Gasteiger partial charge in [0.25, 0.3) is 0 Å². The van der Waals surface area contributed by atoms with Crippen molar-refractivity contribution in [2.75, 3.05) is 19.8 Å². The summed E-state index contributed by atoms with van der Waals surface area (Å²) in [5.74, 6) is -1.84. The number of hydrogen-bond donors (Lipinski definition) is 0. The van der Waals surface area contributed by atoms with Crippen molar-refractivity contribution < 1.29 is 23.8 Å². The van der Waals surface area contributed by atoms with Crippen molar-refractivity contribution >= 4 is 11.9 Å². The Balaban J connectivity index is 2.26. The molecule has 1 rings (SSSR count). The van der Waals surface area contributed by atoms with E-state index < -0.39 is 17.9 Å². The van der Waals surface area contributed by atoms with Gasteiger partial charge in [-0.15, -0.1) is 0 Å². The molecule has 0 aliphatic heterocycles. The van der Waals surface area contributed by atoms with Gasteiger partial charge in [0.05, 0.1) is 19.8 Å². The molecule has 0 spiro atoms.